The highest BCUT2D eigenvalue weighted by Gasteiger charge is 2.52. The van der Waals surface area contributed by atoms with Crippen LogP contribution in [0.15, 0.2) is 0 Å². The molecule has 5 nitrogen and oxygen atoms in total. The van der Waals surface area contributed by atoms with E-state index in [1.807, 2.05) is 9.80 Å². The average molecular weight is 252 g/mol. The first-order valence-electron chi connectivity index (χ1n) is 6.91. The molecule has 3 aliphatic rings. The van der Waals surface area contributed by atoms with Crippen LogP contribution < -0.4 is 0 Å². The monoisotopic (exact) mass is 252 g/mol. The first-order valence-corrected chi connectivity index (χ1v) is 6.91. The summed E-state index contributed by atoms with van der Waals surface area (Å²) >= 11 is 0. The maximum atomic E-state index is 12.5. The van der Waals surface area contributed by atoms with E-state index in [-0.39, 0.29) is 24.0 Å². The van der Waals surface area contributed by atoms with Gasteiger partial charge in [-0.3, -0.25) is 4.79 Å². The maximum Gasteiger partial charge on any atom is 0.320 e. The molecule has 3 saturated heterocycles. The van der Waals surface area contributed by atoms with Gasteiger partial charge in [-0.25, -0.2) is 4.79 Å². The van der Waals surface area contributed by atoms with Crippen molar-refractivity contribution < 1.29 is 14.7 Å². The Hall–Kier alpha value is -1.26. The van der Waals surface area contributed by atoms with Crippen LogP contribution >= 0.6 is 0 Å². The number of carboxylic acid groups (broad SMARTS) is 1. The summed E-state index contributed by atoms with van der Waals surface area (Å²) in [4.78, 5) is 27.5. The molecule has 0 aromatic carbocycles. The van der Waals surface area contributed by atoms with Gasteiger partial charge in [0, 0.05) is 24.7 Å². The van der Waals surface area contributed by atoms with Gasteiger partial charge in [0.25, 0.3) is 0 Å². The Labute approximate surface area is 107 Å². The second-order valence-electron chi connectivity index (χ2n) is 5.85. The molecule has 3 fully saturated rings. The lowest BCUT2D eigenvalue weighted by molar-refractivity contribution is -0.142. The van der Waals surface area contributed by atoms with Crippen molar-refractivity contribution in [1.29, 1.82) is 0 Å². The Morgan fingerprint density at radius 1 is 1.22 bits per heavy atom. The summed E-state index contributed by atoms with van der Waals surface area (Å²) in [5.41, 5.74) is 0. The standard InChI is InChI=1S/C13H20N2O3/c1-8-3-2-6-14(8)13(18)15-9-4-5-11(15)10(7-9)12(16)17/h8-11H,2-7H2,1H3,(H,16,17). The molecule has 3 rings (SSSR count). The Kier molecular flexibility index (Phi) is 2.72. The molecule has 18 heavy (non-hydrogen) atoms. The Morgan fingerprint density at radius 2 is 2.00 bits per heavy atom. The van der Waals surface area contributed by atoms with Crippen LogP contribution in [0.4, 0.5) is 4.79 Å². The highest BCUT2D eigenvalue weighted by Crippen LogP contribution is 2.42. The molecule has 0 spiro atoms. The van der Waals surface area contributed by atoms with Crippen molar-refractivity contribution in [3.8, 4) is 0 Å². The third-order valence-electron chi connectivity index (χ3n) is 4.87. The number of fused-ring (bicyclic) bond motifs is 2. The van der Waals surface area contributed by atoms with Crippen molar-refractivity contribution in [3.63, 3.8) is 0 Å². The fourth-order valence-electron chi connectivity index (χ4n) is 3.92. The summed E-state index contributed by atoms with van der Waals surface area (Å²) in [6, 6.07) is 0.487. The van der Waals surface area contributed by atoms with Crippen molar-refractivity contribution in [1.82, 2.24) is 9.80 Å². The van der Waals surface area contributed by atoms with Crippen LogP contribution in [-0.2, 0) is 4.79 Å². The van der Waals surface area contributed by atoms with E-state index in [9.17, 15) is 14.7 Å². The van der Waals surface area contributed by atoms with Gasteiger partial charge in [0.05, 0.1) is 5.92 Å². The second kappa shape index (κ2) is 4.14. The van der Waals surface area contributed by atoms with Crippen molar-refractivity contribution in [2.24, 2.45) is 5.92 Å². The van der Waals surface area contributed by atoms with Crippen LogP contribution in [0.2, 0.25) is 0 Å². The summed E-state index contributed by atoms with van der Waals surface area (Å²) < 4.78 is 0. The number of carbonyl (C=O) groups excluding carboxylic acids is 1. The lowest BCUT2D eigenvalue weighted by atomic mass is 9.89. The zero-order chi connectivity index (χ0) is 12.9. The molecule has 3 heterocycles. The number of hydrogen-bond donors (Lipinski definition) is 1. The molecule has 0 aromatic rings. The number of likely N-dealkylation sites (tertiary alicyclic amines) is 1. The highest BCUT2D eigenvalue weighted by atomic mass is 16.4. The van der Waals surface area contributed by atoms with E-state index in [0.29, 0.717) is 12.5 Å². The number of aliphatic carboxylic acids is 1. The van der Waals surface area contributed by atoms with Gasteiger partial charge in [0.15, 0.2) is 0 Å². The number of urea groups is 1. The topological polar surface area (TPSA) is 60.9 Å². The molecule has 4 unspecified atom stereocenters. The molecule has 2 bridgehead atoms. The number of hydrogen-bond acceptors (Lipinski definition) is 2. The van der Waals surface area contributed by atoms with Crippen molar-refractivity contribution >= 4 is 12.0 Å². The van der Waals surface area contributed by atoms with Crippen molar-refractivity contribution in [2.45, 2.75) is 57.2 Å². The van der Waals surface area contributed by atoms with Crippen LogP contribution in [0, 0.1) is 5.92 Å². The van der Waals surface area contributed by atoms with Gasteiger partial charge in [0.2, 0.25) is 0 Å². The van der Waals surface area contributed by atoms with Gasteiger partial charge in [-0.05, 0) is 39.0 Å². The molecule has 1 N–H and O–H groups in total. The van der Waals surface area contributed by atoms with Gasteiger partial charge in [-0.1, -0.05) is 0 Å². The molecule has 0 radical (unpaired) electrons. The van der Waals surface area contributed by atoms with Crippen LogP contribution in [0.3, 0.4) is 0 Å². The normalized spacial score (nSPS) is 38.5. The second-order valence-corrected chi connectivity index (χ2v) is 5.85. The molecular weight excluding hydrogens is 232 g/mol. The molecule has 4 atom stereocenters. The molecule has 3 aliphatic heterocycles. The third kappa shape index (κ3) is 1.60. The molecule has 0 aliphatic carbocycles. The molecule has 0 saturated carbocycles. The van der Waals surface area contributed by atoms with E-state index in [1.54, 1.807) is 0 Å². The molecular formula is C13H20N2O3. The van der Waals surface area contributed by atoms with E-state index in [1.165, 1.54) is 0 Å². The van der Waals surface area contributed by atoms with Crippen molar-refractivity contribution in [3.05, 3.63) is 0 Å². The smallest absolute Gasteiger partial charge is 0.320 e. The quantitative estimate of drug-likeness (QED) is 0.769. The summed E-state index contributed by atoms with van der Waals surface area (Å²) in [6.45, 7) is 2.91. The first kappa shape index (κ1) is 11.8. The summed E-state index contributed by atoms with van der Waals surface area (Å²) in [7, 11) is 0. The minimum absolute atomic E-state index is 0.0622. The number of rotatable bonds is 1. The van der Waals surface area contributed by atoms with Crippen LogP contribution in [0.1, 0.15) is 39.0 Å². The minimum atomic E-state index is -0.741. The van der Waals surface area contributed by atoms with Crippen molar-refractivity contribution in [2.75, 3.05) is 6.54 Å². The first-order chi connectivity index (χ1) is 8.59. The van der Waals surface area contributed by atoms with Gasteiger partial charge >= 0.3 is 12.0 Å². The lowest BCUT2D eigenvalue weighted by Crippen LogP contribution is -2.47. The Bertz CT molecular complexity index is 384. The van der Waals surface area contributed by atoms with E-state index in [4.69, 9.17) is 0 Å². The molecule has 2 amide bonds. The zero-order valence-electron chi connectivity index (χ0n) is 10.7. The SMILES string of the molecule is CC1CCCN1C(=O)N1C2CCC1C(C(=O)O)C2. The van der Waals surface area contributed by atoms with Gasteiger partial charge in [-0.2, -0.15) is 0 Å². The van der Waals surface area contributed by atoms with E-state index >= 15 is 0 Å². The number of carboxylic acids is 1. The minimum Gasteiger partial charge on any atom is -0.481 e. The van der Waals surface area contributed by atoms with Crippen LogP contribution in [0.25, 0.3) is 0 Å². The third-order valence-corrected chi connectivity index (χ3v) is 4.87. The number of amides is 2. The van der Waals surface area contributed by atoms with Crippen LogP contribution in [-0.4, -0.2) is 51.6 Å². The fourth-order valence-corrected chi connectivity index (χ4v) is 3.92. The largest absolute Gasteiger partial charge is 0.481 e. The molecule has 0 aromatic heterocycles. The average Bonchev–Trinajstić information content (AvgIpc) is 3.01. The maximum absolute atomic E-state index is 12.5. The van der Waals surface area contributed by atoms with E-state index in [0.717, 1.165) is 32.2 Å². The molecule has 100 valence electrons. The Morgan fingerprint density at radius 3 is 2.56 bits per heavy atom. The van der Waals surface area contributed by atoms with Crippen LogP contribution in [0.5, 0.6) is 0 Å². The lowest BCUT2D eigenvalue weighted by Gasteiger charge is -2.31. The summed E-state index contributed by atoms with van der Waals surface area (Å²) in [5.74, 6) is -1.08. The Balaban J connectivity index is 1.77. The summed E-state index contributed by atoms with van der Waals surface area (Å²) in [6.07, 6.45) is 4.61. The number of nitrogens with zero attached hydrogens (tertiary/aromatic N) is 2. The fraction of sp³-hybridized carbons (Fsp3) is 0.846. The predicted octanol–water partition coefficient (Wildman–Crippen LogP) is 1.53. The highest BCUT2D eigenvalue weighted by molar-refractivity contribution is 5.80. The van der Waals surface area contributed by atoms with Gasteiger partial charge < -0.3 is 14.9 Å². The molecule has 5 heteroatoms. The zero-order valence-corrected chi connectivity index (χ0v) is 10.7. The van der Waals surface area contributed by atoms with Gasteiger partial charge in [-0.15, -0.1) is 0 Å². The van der Waals surface area contributed by atoms with Gasteiger partial charge in [0.1, 0.15) is 0 Å². The predicted molar refractivity (Wildman–Crippen MR) is 65.2 cm³/mol. The summed E-state index contributed by atoms with van der Waals surface area (Å²) in [5, 5.41) is 9.20. The van der Waals surface area contributed by atoms with E-state index < -0.39 is 5.97 Å². The number of carbonyl (C=O) groups is 2. The van der Waals surface area contributed by atoms with E-state index in [2.05, 4.69) is 6.92 Å².